The summed E-state index contributed by atoms with van der Waals surface area (Å²) < 4.78 is 0. The molecule has 2 nitrogen and oxygen atoms in total. The topological polar surface area (TPSA) is 36.1 Å². The average Bonchev–Trinajstić information content (AvgIpc) is 1.68. The van der Waals surface area contributed by atoms with Crippen molar-refractivity contribution in [3.8, 4) is 6.07 Å². The lowest BCUT2D eigenvalue weighted by Crippen LogP contribution is -1.89. The summed E-state index contributed by atoms with van der Waals surface area (Å²) in [5.74, 6) is 0. The molecule has 0 aromatic carbocycles. The monoisotopic (exact) mass is 96.1 g/mol. The highest BCUT2D eigenvalue weighted by Crippen LogP contribution is 1.80. The summed E-state index contributed by atoms with van der Waals surface area (Å²) in [6.45, 7) is 3.55. The third kappa shape index (κ3) is 2.98. The van der Waals surface area contributed by atoms with E-state index >= 15 is 0 Å². The maximum absolute atomic E-state index is 8.10. The number of nitriles is 1. The van der Waals surface area contributed by atoms with Gasteiger partial charge in [-0.05, 0) is 20.1 Å². The van der Waals surface area contributed by atoms with Crippen molar-refractivity contribution in [3.63, 3.8) is 0 Å². The molecular formula is C5H8N2. The first-order valence-electron chi connectivity index (χ1n) is 2.18. The highest BCUT2D eigenvalue weighted by Gasteiger charge is 1.86. The molecule has 0 aromatic heterocycles. The smallest absolute Gasteiger partial charge is 0.133 e. The Labute approximate surface area is 43.5 Å². The SMILES string of the molecule is CC=N[C@@H](C)C#N. The molecule has 0 heterocycles. The normalized spacial score (nSPS) is 13.9. The fraction of sp³-hybridized carbons (Fsp3) is 0.600. The van der Waals surface area contributed by atoms with E-state index in [-0.39, 0.29) is 6.04 Å². The number of rotatable bonds is 1. The van der Waals surface area contributed by atoms with Crippen LogP contribution in [-0.4, -0.2) is 12.3 Å². The summed E-state index contributed by atoms with van der Waals surface area (Å²) in [5, 5.41) is 8.10. The molecule has 0 aliphatic carbocycles. The van der Waals surface area contributed by atoms with Gasteiger partial charge in [0.1, 0.15) is 6.04 Å². The van der Waals surface area contributed by atoms with Crippen molar-refractivity contribution in [2.45, 2.75) is 19.9 Å². The summed E-state index contributed by atoms with van der Waals surface area (Å²) >= 11 is 0. The van der Waals surface area contributed by atoms with Crippen LogP contribution in [-0.2, 0) is 0 Å². The lowest BCUT2D eigenvalue weighted by atomic mass is 10.4. The van der Waals surface area contributed by atoms with Gasteiger partial charge >= 0.3 is 0 Å². The highest BCUT2D eigenvalue weighted by atomic mass is 14.7. The molecule has 0 spiro atoms. The molecule has 0 bridgehead atoms. The molecule has 1 atom stereocenters. The van der Waals surface area contributed by atoms with Gasteiger partial charge in [-0.15, -0.1) is 0 Å². The van der Waals surface area contributed by atoms with Gasteiger partial charge in [-0.25, -0.2) is 0 Å². The summed E-state index contributed by atoms with van der Waals surface area (Å²) in [5.41, 5.74) is 0. The van der Waals surface area contributed by atoms with Gasteiger partial charge in [0.2, 0.25) is 0 Å². The third-order valence-corrected chi connectivity index (χ3v) is 0.560. The lowest BCUT2D eigenvalue weighted by Gasteiger charge is -1.84. The zero-order chi connectivity index (χ0) is 5.70. The quantitative estimate of drug-likeness (QED) is 0.448. The molecule has 38 valence electrons. The Bertz CT molecular complexity index is 99.1. The number of nitrogens with zero attached hydrogens (tertiary/aromatic N) is 2. The van der Waals surface area contributed by atoms with Crippen LogP contribution < -0.4 is 0 Å². The van der Waals surface area contributed by atoms with Crippen molar-refractivity contribution in [1.29, 1.82) is 5.26 Å². The van der Waals surface area contributed by atoms with E-state index in [2.05, 4.69) is 4.99 Å². The van der Waals surface area contributed by atoms with Gasteiger partial charge in [0.15, 0.2) is 0 Å². The number of hydrogen-bond acceptors (Lipinski definition) is 2. The second kappa shape index (κ2) is 3.35. The van der Waals surface area contributed by atoms with Crippen LogP contribution in [0.1, 0.15) is 13.8 Å². The summed E-state index contributed by atoms with van der Waals surface area (Å²) in [6, 6.07) is 1.79. The molecule has 0 saturated heterocycles. The van der Waals surface area contributed by atoms with Crippen molar-refractivity contribution < 1.29 is 0 Å². The predicted octanol–water partition coefficient (Wildman–Crippen LogP) is 0.989. The summed E-state index contributed by atoms with van der Waals surface area (Å²) in [4.78, 5) is 3.76. The van der Waals surface area contributed by atoms with E-state index in [4.69, 9.17) is 5.26 Å². The largest absolute Gasteiger partial charge is 0.280 e. The van der Waals surface area contributed by atoms with Gasteiger partial charge in [-0.3, -0.25) is 4.99 Å². The average molecular weight is 96.1 g/mol. The zero-order valence-corrected chi connectivity index (χ0v) is 4.55. The third-order valence-electron chi connectivity index (χ3n) is 0.560. The first kappa shape index (κ1) is 6.16. The molecule has 0 radical (unpaired) electrons. The molecule has 0 amide bonds. The van der Waals surface area contributed by atoms with Crippen molar-refractivity contribution in [3.05, 3.63) is 0 Å². The minimum absolute atomic E-state index is 0.176. The molecule has 0 aliphatic heterocycles. The zero-order valence-electron chi connectivity index (χ0n) is 4.55. The van der Waals surface area contributed by atoms with Gasteiger partial charge in [0, 0.05) is 0 Å². The van der Waals surface area contributed by atoms with E-state index < -0.39 is 0 Å². The van der Waals surface area contributed by atoms with E-state index in [9.17, 15) is 0 Å². The van der Waals surface area contributed by atoms with Crippen molar-refractivity contribution >= 4 is 6.21 Å². The minimum Gasteiger partial charge on any atom is -0.280 e. The fourth-order valence-corrected chi connectivity index (χ4v) is 0.257. The molecule has 2 heteroatoms. The maximum atomic E-state index is 8.10. The molecule has 0 N–H and O–H groups in total. The standard InChI is InChI=1S/C5H8N2/c1-3-7-5(2)4-6/h3,5H,1-2H3/t5-/m0/s1. The number of aliphatic imine (C=N–C) groups is 1. The van der Waals surface area contributed by atoms with Crippen LogP contribution in [0.3, 0.4) is 0 Å². The number of hydrogen-bond donors (Lipinski definition) is 0. The van der Waals surface area contributed by atoms with Crippen LogP contribution in [0, 0.1) is 11.3 Å². The fourth-order valence-electron chi connectivity index (χ4n) is 0.257. The summed E-state index contributed by atoms with van der Waals surface area (Å²) in [6.07, 6.45) is 1.63. The van der Waals surface area contributed by atoms with Crippen molar-refractivity contribution in [1.82, 2.24) is 0 Å². The molecule has 0 aromatic rings. The first-order valence-corrected chi connectivity index (χ1v) is 2.18. The molecule has 0 rings (SSSR count). The summed E-state index contributed by atoms with van der Waals surface area (Å²) in [7, 11) is 0. The van der Waals surface area contributed by atoms with Crippen molar-refractivity contribution in [2.24, 2.45) is 4.99 Å². The molecule has 0 unspecified atom stereocenters. The molecule has 0 aliphatic rings. The van der Waals surface area contributed by atoms with Crippen LogP contribution in [0.5, 0.6) is 0 Å². The molecule has 0 fully saturated rings. The van der Waals surface area contributed by atoms with Gasteiger partial charge in [0.05, 0.1) is 6.07 Å². The Morgan fingerprint density at radius 2 is 2.43 bits per heavy atom. The molecule has 7 heavy (non-hydrogen) atoms. The van der Waals surface area contributed by atoms with E-state index in [1.807, 2.05) is 6.07 Å². The Balaban J connectivity index is 3.42. The van der Waals surface area contributed by atoms with Crippen LogP contribution in [0.15, 0.2) is 4.99 Å². The van der Waals surface area contributed by atoms with Crippen molar-refractivity contribution in [2.75, 3.05) is 0 Å². The molecular weight excluding hydrogens is 88.1 g/mol. The second-order valence-corrected chi connectivity index (χ2v) is 1.21. The Morgan fingerprint density at radius 1 is 1.86 bits per heavy atom. The van der Waals surface area contributed by atoms with E-state index in [0.29, 0.717) is 0 Å². The van der Waals surface area contributed by atoms with Crippen LogP contribution in [0.25, 0.3) is 0 Å². The van der Waals surface area contributed by atoms with Gasteiger partial charge in [-0.1, -0.05) is 0 Å². The minimum atomic E-state index is -0.176. The maximum Gasteiger partial charge on any atom is 0.133 e. The van der Waals surface area contributed by atoms with Gasteiger partial charge in [-0.2, -0.15) is 5.26 Å². The van der Waals surface area contributed by atoms with Gasteiger partial charge < -0.3 is 0 Å². The second-order valence-electron chi connectivity index (χ2n) is 1.21. The predicted molar refractivity (Wildman–Crippen MR) is 29.2 cm³/mol. The Morgan fingerprint density at radius 3 is 2.57 bits per heavy atom. The van der Waals surface area contributed by atoms with Crippen LogP contribution >= 0.6 is 0 Å². The van der Waals surface area contributed by atoms with Crippen LogP contribution in [0.2, 0.25) is 0 Å². The van der Waals surface area contributed by atoms with Gasteiger partial charge in [0.25, 0.3) is 0 Å². The first-order chi connectivity index (χ1) is 3.31. The van der Waals surface area contributed by atoms with Crippen LogP contribution in [0.4, 0.5) is 0 Å². The Hall–Kier alpha value is -0.840. The lowest BCUT2D eigenvalue weighted by molar-refractivity contribution is 0.945. The van der Waals surface area contributed by atoms with E-state index in [1.165, 1.54) is 0 Å². The Kier molecular flexibility index (Phi) is 2.95. The van der Waals surface area contributed by atoms with E-state index in [1.54, 1.807) is 20.1 Å². The molecule has 0 saturated carbocycles. The highest BCUT2D eigenvalue weighted by molar-refractivity contribution is 5.53. The van der Waals surface area contributed by atoms with E-state index in [0.717, 1.165) is 0 Å².